The summed E-state index contributed by atoms with van der Waals surface area (Å²) in [4.78, 5) is 22.8. The maximum absolute atomic E-state index is 12.0. The van der Waals surface area contributed by atoms with Gasteiger partial charge in [-0.2, -0.15) is 0 Å². The normalized spacial score (nSPS) is 12.4. The Morgan fingerprint density at radius 1 is 1.52 bits per heavy atom. The van der Waals surface area contributed by atoms with Crippen LogP contribution in [0.15, 0.2) is 17.2 Å². The molecule has 0 aliphatic carbocycles. The third-order valence-electron chi connectivity index (χ3n) is 2.72. The van der Waals surface area contributed by atoms with Crippen LogP contribution in [0.5, 0.6) is 0 Å². The molecular weight excluding hydrogens is 298 g/mol. The van der Waals surface area contributed by atoms with Gasteiger partial charge in [-0.3, -0.25) is 4.79 Å². The monoisotopic (exact) mass is 313 g/mol. The molecule has 8 nitrogen and oxygen atoms in total. The highest BCUT2D eigenvalue weighted by Crippen LogP contribution is 2.13. The number of carboxylic acids is 1. The molecule has 0 radical (unpaired) electrons. The van der Waals surface area contributed by atoms with E-state index in [4.69, 9.17) is 11.5 Å². The molecule has 1 unspecified atom stereocenters. The van der Waals surface area contributed by atoms with E-state index in [1.54, 1.807) is 0 Å². The SMILES string of the molecule is C#CCC(NC(=O)c1cc(S(=O)(=O)NC)cn1C)C(=O)O. The second-order valence-corrected chi connectivity index (χ2v) is 6.04. The lowest BCUT2D eigenvalue weighted by Crippen LogP contribution is -2.41. The smallest absolute Gasteiger partial charge is 0.327 e. The summed E-state index contributed by atoms with van der Waals surface area (Å²) in [6, 6.07) is -0.0857. The number of sulfonamides is 1. The molecule has 0 saturated heterocycles. The first-order valence-electron chi connectivity index (χ1n) is 5.80. The topological polar surface area (TPSA) is 117 Å². The molecule has 0 bridgehead atoms. The molecule has 9 heteroatoms. The zero-order chi connectivity index (χ0) is 16.2. The summed E-state index contributed by atoms with van der Waals surface area (Å²) >= 11 is 0. The maximum atomic E-state index is 12.0. The zero-order valence-electron chi connectivity index (χ0n) is 11.5. The number of nitrogens with zero attached hydrogens (tertiary/aromatic N) is 1. The molecular formula is C12H15N3O5S. The third kappa shape index (κ3) is 3.84. The van der Waals surface area contributed by atoms with Gasteiger partial charge in [-0.25, -0.2) is 17.9 Å². The molecule has 0 saturated carbocycles. The zero-order valence-corrected chi connectivity index (χ0v) is 12.3. The second kappa shape index (κ2) is 6.43. The van der Waals surface area contributed by atoms with E-state index >= 15 is 0 Å². The van der Waals surface area contributed by atoms with E-state index in [2.05, 4.69) is 16.0 Å². The average Bonchev–Trinajstić information content (AvgIpc) is 2.81. The highest BCUT2D eigenvalue weighted by Gasteiger charge is 2.23. The number of amides is 1. The van der Waals surface area contributed by atoms with Crippen LogP contribution in [0.3, 0.4) is 0 Å². The molecule has 1 rings (SSSR count). The number of hydrogen-bond acceptors (Lipinski definition) is 4. The Kier molecular flexibility index (Phi) is 5.12. The summed E-state index contributed by atoms with van der Waals surface area (Å²) in [5, 5.41) is 11.2. The Labute approximate surface area is 122 Å². The van der Waals surface area contributed by atoms with Crippen LogP contribution >= 0.6 is 0 Å². The maximum Gasteiger partial charge on any atom is 0.327 e. The molecule has 1 amide bonds. The van der Waals surface area contributed by atoms with Gasteiger partial charge in [0.2, 0.25) is 10.0 Å². The second-order valence-electron chi connectivity index (χ2n) is 4.15. The van der Waals surface area contributed by atoms with Crippen molar-refractivity contribution in [2.75, 3.05) is 7.05 Å². The van der Waals surface area contributed by atoms with Crippen molar-refractivity contribution < 1.29 is 23.1 Å². The van der Waals surface area contributed by atoms with Crippen molar-refractivity contribution in [3.05, 3.63) is 18.0 Å². The van der Waals surface area contributed by atoms with Crippen molar-refractivity contribution in [2.45, 2.75) is 17.4 Å². The van der Waals surface area contributed by atoms with E-state index < -0.39 is 27.9 Å². The van der Waals surface area contributed by atoms with Gasteiger partial charge < -0.3 is 15.0 Å². The van der Waals surface area contributed by atoms with Crippen molar-refractivity contribution >= 4 is 21.9 Å². The number of aliphatic carboxylic acids is 1. The first-order valence-corrected chi connectivity index (χ1v) is 7.28. The molecule has 1 aromatic heterocycles. The van der Waals surface area contributed by atoms with E-state index in [9.17, 15) is 18.0 Å². The van der Waals surface area contributed by atoms with Crippen LogP contribution in [-0.2, 0) is 21.9 Å². The largest absolute Gasteiger partial charge is 0.480 e. The number of aryl methyl sites for hydroxylation is 1. The third-order valence-corrected chi connectivity index (χ3v) is 4.10. The number of carbonyl (C=O) groups excluding carboxylic acids is 1. The number of hydrogen-bond donors (Lipinski definition) is 3. The lowest BCUT2D eigenvalue weighted by molar-refractivity contribution is -0.139. The van der Waals surface area contributed by atoms with E-state index in [0.717, 1.165) is 6.07 Å². The Bertz CT molecular complexity index is 699. The quantitative estimate of drug-likeness (QED) is 0.591. The fourth-order valence-corrected chi connectivity index (χ4v) is 2.37. The van der Waals surface area contributed by atoms with Crippen LogP contribution in [0.2, 0.25) is 0 Å². The highest BCUT2D eigenvalue weighted by atomic mass is 32.2. The van der Waals surface area contributed by atoms with Crippen LogP contribution in [0.4, 0.5) is 0 Å². The van der Waals surface area contributed by atoms with Crippen LogP contribution in [0.25, 0.3) is 0 Å². The van der Waals surface area contributed by atoms with Gasteiger partial charge in [0, 0.05) is 19.7 Å². The van der Waals surface area contributed by atoms with E-state index in [0.29, 0.717) is 0 Å². The van der Waals surface area contributed by atoms with Crippen molar-refractivity contribution in [3.8, 4) is 12.3 Å². The van der Waals surface area contributed by atoms with Gasteiger partial charge in [0.15, 0.2) is 0 Å². The predicted octanol–water partition coefficient (Wildman–Crippen LogP) is -0.860. The summed E-state index contributed by atoms with van der Waals surface area (Å²) in [6.45, 7) is 0. The minimum Gasteiger partial charge on any atom is -0.480 e. The van der Waals surface area contributed by atoms with E-state index in [1.807, 2.05) is 0 Å². The Morgan fingerprint density at radius 2 is 2.14 bits per heavy atom. The molecule has 0 aliphatic heterocycles. The number of terminal acetylenes is 1. The van der Waals surface area contributed by atoms with Crippen LogP contribution in [-0.4, -0.2) is 43.1 Å². The van der Waals surface area contributed by atoms with Gasteiger partial charge >= 0.3 is 5.97 Å². The number of carboxylic acid groups (broad SMARTS) is 1. The average molecular weight is 313 g/mol. The van der Waals surface area contributed by atoms with Gasteiger partial charge in [-0.1, -0.05) is 0 Å². The summed E-state index contributed by atoms with van der Waals surface area (Å²) in [6.07, 6.45) is 6.11. The van der Waals surface area contributed by atoms with Crippen LogP contribution in [0, 0.1) is 12.3 Å². The Hall–Kier alpha value is -2.31. The summed E-state index contributed by atoms with van der Waals surface area (Å²) in [7, 11) is -0.970. The molecule has 0 fully saturated rings. The minimum absolute atomic E-state index is 0.00657. The molecule has 0 aliphatic rings. The number of carbonyl (C=O) groups is 2. The number of nitrogens with one attached hydrogen (secondary N) is 2. The van der Waals surface area contributed by atoms with E-state index in [1.165, 1.54) is 24.9 Å². The number of rotatable bonds is 6. The Morgan fingerprint density at radius 3 is 2.62 bits per heavy atom. The lowest BCUT2D eigenvalue weighted by atomic mass is 10.2. The molecule has 1 heterocycles. The van der Waals surface area contributed by atoms with Gasteiger partial charge in [-0.05, 0) is 13.1 Å². The summed E-state index contributed by atoms with van der Waals surface area (Å²) in [5.41, 5.74) is 0.00657. The predicted molar refractivity (Wildman–Crippen MR) is 74.0 cm³/mol. The molecule has 1 atom stereocenters. The van der Waals surface area contributed by atoms with Gasteiger partial charge in [-0.15, -0.1) is 12.3 Å². The van der Waals surface area contributed by atoms with Crippen molar-refractivity contribution in [2.24, 2.45) is 7.05 Å². The van der Waals surface area contributed by atoms with Crippen LogP contribution < -0.4 is 10.0 Å². The number of aromatic nitrogens is 1. The van der Waals surface area contributed by atoms with Crippen LogP contribution in [0.1, 0.15) is 16.9 Å². The standard InChI is InChI=1S/C12H15N3O5S/c1-4-5-9(12(17)18)14-11(16)10-6-8(7-15(10)3)21(19,20)13-2/h1,6-7,9,13H,5H2,2-3H3,(H,14,16)(H,17,18). The molecule has 1 aromatic rings. The fraction of sp³-hybridized carbons (Fsp3) is 0.333. The summed E-state index contributed by atoms with van der Waals surface area (Å²) < 4.78 is 26.7. The van der Waals surface area contributed by atoms with Gasteiger partial charge in [0.25, 0.3) is 5.91 Å². The van der Waals surface area contributed by atoms with Crippen molar-refractivity contribution in [3.63, 3.8) is 0 Å². The molecule has 0 spiro atoms. The van der Waals surface area contributed by atoms with Gasteiger partial charge in [0.05, 0.1) is 0 Å². The minimum atomic E-state index is -3.69. The molecule has 21 heavy (non-hydrogen) atoms. The highest BCUT2D eigenvalue weighted by molar-refractivity contribution is 7.89. The first kappa shape index (κ1) is 16.7. The fourth-order valence-electron chi connectivity index (χ4n) is 1.57. The van der Waals surface area contributed by atoms with E-state index in [-0.39, 0.29) is 17.0 Å². The molecule has 114 valence electrons. The van der Waals surface area contributed by atoms with Crippen molar-refractivity contribution in [1.82, 2.24) is 14.6 Å². The summed E-state index contributed by atoms with van der Waals surface area (Å²) in [5.74, 6) is 0.161. The lowest BCUT2D eigenvalue weighted by Gasteiger charge is -2.11. The van der Waals surface area contributed by atoms with Gasteiger partial charge in [0.1, 0.15) is 16.6 Å². The first-order chi connectivity index (χ1) is 9.72. The van der Waals surface area contributed by atoms with Crippen molar-refractivity contribution in [1.29, 1.82) is 0 Å². The Balaban J connectivity index is 3.04. The molecule has 0 aromatic carbocycles. The molecule has 3 N–H and O–H groups in total.